The van der Waals surface area contributed by atoms with Crippen LogP contribution in [-0.4, -0.2) is 18.6 Å². The van der Waals surface area contributed by atoms with Gasteiger partial charge in [-0.3, -0.25) is 0 Å². The van der Waals surface area contributed by atoms with Crippen molar-refractivity contribution in [1.29, 1.82) is 0 Å². The lowest BCUT2D eigenvalue weighted by Crippen LogP contribution is -2.54. The largest absolute Gasteiger partial charge is 0.329 e. The van der Waals surface area contributed by atoms with E-state index >= 15 is 0 Å². The van der Waals surface area contributed by atoms with E-state index in [1.165, 1.54) is 32.1 Å². The van der Waals surface area contributed by atoms with Crippen LogP contribution >= 0.6 is 0 Å². The first-order valence-corrected chi connectivity index (χ1v) is 7.38. The third-order valence-electron chi connectivity index (χ3n) is 5.12. The fourth-order valence-electron chi connectivity index (χ4n) is 3.09. The fraction of sp³-hybridized carbons (Fsp3) is 0.875. The predicted molar refractivity (Wildman–Crippen MR) is 79.3 cm³/mol. The molecule has 0 atom stereocenters. The van der Waals surface area contributed by atoms with Gasteiger partial charge in [0.05, 0.1) is 0 Å². The number of hydrogen-bond acceptors (Lipinski definition) is 2. The van der Waals surface area contributed by atoms with Gasteiger partial charge < -0.3 is 11.1 Å². The lowest BCUT2D eigenvalue weighted by atomic mass is 9.65. The highest BCUT2D eigenvalue weighted by atomic mass is 15.0. The molecule has 18 heavy (non-hydrogen) atoms. The second-order valence-corrected chi connectivity index (χ2v) is 6.48. The van der Waals surface area contributed by atoms with Gasteiger partial charge in [0.2, 0.25) is 0 Å². The predicted octanol–water partition coefficient (Wildman–Crippen LogP) is 2.92. The van der Waals surface area contributed by atoms with Crippen molar-refractivity contribution in [1.82, 2.24) is 5.32 Å². The molecule has 0 radical (unpaired) electrons. The Hall–Kier alpha value is -0.520. The minimum absolute atomic E-state index is 0.150. The van der Waals surface area contributed by atoms with Gasteiger partial charge >= 0.3 is 0 Å². The maximum atomic E-state index is 5.99. The van der Waals surface area contributed by atoms with Crippen molar-refractivity contribution in [2.75, 3.05) is 13.1 Å². The molecule has 0 bridgehead atoms. The van der Waals surface area contributed by atoms with Crippen LogP contribution in [0.1, 0.15) is 59.3 Å². The molecular weight excluding hydrogens is 220 g/mol. The molecule has 1 fully saturated rings. The summed E-state index contributed by atoms with van der Waals surface area (Å²) in [6.07, 6.45) is 12.3. The number of rotatable bonds is 6. The third-order valence-corrected chi connectivity index (χ3v) is 5.12. The highest BCUT2D eigenvalue weighted by Gasteiger charge is 2.38. The molecule has 0 saturated heterocycles. The van der Waals surface area contributed by atoms with Crippen LogP contribution in [-0.2, 0) is 0 Å². The lowest BCUT2D eigenvalue weighted by Gasteiger charge is -2.45. The Bertz CT molecular complexity index is 280. The van der Waals surface area contributed by atoms with Crippen LogP contribution in [0, 0.1) is 23.7 Å². The Balaban J connectivity index is 2.51. The van der Waals surface area contributed by atoms with E-state index in [-0.39, 0.29) is 5.54 Å². The van der Waals surface area contributed by atoms with Crippen LogP contribution in [0.4, 0.5) is 0 Å². The molecule has 104 valence electrons. The zero-order chi connectivity index (χ0) is 13.6. The first-order chi connectivity index (χ1) is 8.49. The highest BCUT2D eigenvalue weighted by molar-refractivity contribution is 4.97. The molecule has 2 nitrogen and oxygen atoms in total. The average molecular weight is 250 g/mol. The molecule has 1 aliphatic rings. The molecule has 0 unspecified atom stereocenters. The molecule has 0 spiro atoms. The number of hydrogen-bond donors (Lipinski definition) is 2. The summed E-state index contributed by atoms with van der Waals surface area (Å²) < 4.78 is 0. The van der Waals surface area contributed by atoms with Crippen molar-refractivity contribution in [3.63, 3.8) is 0 Å². The van der Waals surface area contributed by atoms with E-state index in [0.29, 0.717) is 5.41 Å². The van der Waals surface area contributed by atoms with Crippen molar-refractivity contribution >= 4 is 0 Å². The summed E-state index contributed by atoms with van der Waals surface area (Å²) in [5.41, 5.74) is 6.62. The van der Waals surface area contributed by atoms with Crippen molar-refractivity contribution < 1.29 is 0 Å². The van der Waals surface area contributed by atoms with E-state index in [4.69, 9.17) is 12.2 Å². The summed E-state index contributed by atoms with van der Waals surface area (Å²) in [5, 5.41) is 3.61. The van der Waals surface area contributed by atoms with Gasteiger partial charge in [-0.05, 0) is 37.0 Å². The van der Waals surface area contributed by atoms with Gasteiger partial charge in [-0.15, -0.1) is 12.3 Å². The van der Waals surface area contributed by atoms with E-state index in [1.54, 1.807) is 0 Å². The molecule has 0 amide bonds. The van der Waals surface area contributed by atoms with Gasteiger partial charge in [-0.1, -0.05) is 27.2 Å². The van der Waals surface area contributed by atoms with E-state index in [1.807, 2.05) is 0 Å². The number of nitrogens with two attached hydrogens (primary N) is 1. The summed E-state index contributed by atoms with van der Waals surface area (Å²) in [7, 11) is 0. The van der Waals surface area contributed by atoms with Crippen LogP contribution < -0.4 is 11.1 Å². The number of nitrogens with one attached hydrogen (secondary N) is 1. The summed E-state index contributed by atoms with van der Waals surface area (Å²) in [5.74, 6) is 3.53. The van der Waals surface area contributed by atoms with Crippen molar-refractivity contribution in [2.24, 2.45) is 17.1 Å². The van der Waals surface area contributed by atoms with Crippen LogP contribution in [0.2, 0.25) is 0 Å². The zero-order valence-corrected chi connectivity index (χ0v) is 12.4. The molecule has 0 aromatic carbocycles. The zero-order valence-electron chi connectivity index (χ0n) is 12.4. The van der Waals surface area contributed by atoms with Crippen LogP contribution in [0.5, 0.6) is 0 Å². The first-order valence-electron chi connectivity index (χ1n) is 7.38. The summed E-state index contributed by atoms with van der Waals surface area (Å²) in [4.78, 5) is 0. The van der Waals surface area contributed by atoms with Crippen molar-refractivity contribution in [2.45, 2.75) is 64.8 Å². The third kappa shape index (κ3) is 3.73. The van der Waals surface area contributed by atoms with Crippen LogP contribution in [0.25, 0.3) is 0 Å². The minimum Gasteiger partial charge on any atom is -0.329 e. The summed E-state index contributed by atoms with van der Waals surface area (Å²) >= 11 is 0. The molecule has 1 saturated carbocycles. The minimum atomic E-state index is 0.150. The van der Waals surface area contributed by atoms with Gasteiger partial charge in [0, 0.05) is 25.0 Å². The lowest BCUT2D eigenvalue weighted by molar-refractivity contribution is 0.102. The molecule has 0 aliphatic heterocycles. The second-order valence-electron chi connectivity index (χ2n) is 6.48. The molecule has 0 aromatic heterocycles. The molecule has 0 heterocycles. The summed E-state index contributed by atoms with van der Waals surface area (Å²) in [6.45, 7) is 8.74. The summed E-state index contributed by atoms with van der Waals surface area (Å²) in [6, 6.07) is 0. The van der Waals surface area contributed by atoms with Gasteiger partial charge in [-0.25, -0.2) is 0 Å². The molecule has 2 heteroatoms. The Labute approximate surface area is 113 Å². The Kier molecular flexibility index (Phi) is 5.69. The van der Waals surface area contributed by atoms with E-state index in [9.17, 15) is 0 Å². The molecular formula is C16H30N2. The Morgan fingerprint density at radius 2 is 2.00 bits per heavy atom. The molecule has 1 rings (SSSR count). The average Bonchev–Trinajstić information content (AvgIpc) is 2.39. The smallest absolute Gasteiger partial charge is 0.0304 e. The normalized spacial score (nSPS) is 28.9. The topological polar surface area (TPSA) is 38.0 Å². The van der Waals surface area contributed by atoms with Crippen molar-refractivity contribution in [3.8, 4) is 12.3 Å². The second kappa shape index (κ2) is 6.59. The van der Waals surface area contributed by atoms with Gasteiger partial charge in [0.15, 0.2) is 0 Å². The Morgan fingerprint density at radius 3 is 2.44 bits per heavy atom. The van der Waals surface area contributed by atoms with Gasteiger partial charge in [-0.2, -0.15) is 0 Å². The van der Waals surface area contributed by atoms with Crippen molar-refractivity contribution in [3.05, 3.63) is 0 Å². The molecule has 1 aliphatic carbocycles. The SMILES string of the molecule is C#CCCNC1(CN)CCC(C(C)(C)CC)CC1. The Morgan fingerprint density at radius 1 is 1.39 bits per heavy atom. The van der Waals surface area contributed by atoms with Crippen LogP contribution in [0.15, 0.2) is 0 Å². The van der Waals surface area contributed by atoms with Gasteiger partial charge in [0.1, 0.15) is 0 Å². The fourth-order valence-corrected chi connectivity index (χ4v) is 3.09. The monoisotopic (exact) mass is 250 g/mol. The van der Waals surface area contributed by atoms with E-state index in [2.05, 4.69) is 32.0 Å². The standard InChI is InChI=1S/C16H30N2/c1-5-7-12-18-16(13-17)10-8-14(9-11-16)15(3,4)6-2/h1,14,18H,6-13,17H2,2-4H3. The maximum Gasteiger partial charge on any atom is 0.0304 e. The van der Waals surface area contributed by atoms with Crippen LogP contribution in [0.3, 0.4) is 0 Å². The van der Waals surface area contributed by atoms with Gasteiger partial charge in [0.25, 0.3) is 0 Å². The van der Waals surface area contributed by atoms with E-state index < -0.39 is 0 Å². The molecule has 3 N–H and O–H groups in total. The van der Waals surface area contributed by atoms with E-state index in [0.717, 1.165) is 25.4 Å². The number of terminal acetylenes is 1. The first kappa shape index (κ1) is 15.5. The quantitative estimate of drug-likeness (QED) is 0.562. The molecule has 0 aromatic rings. The highest BCUT2D eigenvalue weighted by Crippen LogP contribution is 2.43. The maximum absolute atomic E-state index is 5.99.